The van der Waals surface area contributed by atoms with Crippen LogP contribution in [0.15, 0.2) is 0 Å². The van der Waals surface area contributed by atoms with E-state index in [-0.39, 0.29) is 25.2 Å². The SMILES string of the molecule is CC(C)(C)OCOC(=O)CCC=O. The van der Waals surface area contributed by atoms with Crippen molar-refractivity contribution in [2.24, 2.45) is 0 Å². The van der Waals surface area contributed by atoms with Crippen LogP contribution in [0.3, 0.4) is 0 Å². The quantitative estimate of drug-likeness (QED) is 0.370. The molecule has 13 heavy (non-hydrogen) atoms. The summed E-state index contributed by atoms with van der Waals surface area (Å²) >= 11 is 0. The van der Waals surface area contributed by atoms with Gasteiger partial charge in [-0.15, -0.1) is 0 Å². The molecule has 0 aliphatic carbocycles. The highest BCUT2D eigenvalue weighted by Gasteiger charge is 2.11. The first-order chi connectivity index (χ1) is 5.95. The molecule has 0 aromatic carbocycles. The Morgan fingerprint density at radius 1 is 1.38 bits per heavy atom. The van der Waals surface area contributed by atoms with Gasteiger partial charge in [0.15, 0.2) is 6.79 Å². The second-order valence-electron chi connectivity index (χ2n) is 3.60. The molecule has 0 N–H and O–H groups in total. The van der Waals surface area contributed by atoms with E-state index in [0.717, 1.165) is 0 Å². The van der Waals surface area contributed by atoms with Gasteiger partial charge in [0.1, 0.15) is 6.29 Å². The fourth-order valence-electron chi connectivity index (χ4n) is 0.521. The largest absolute Gasteiger partial charge is 0.438 e. The van der Waals surface area contributed by atoms with Crippen molar-refractivity contribution in [3.63, 3.8) is 0 Å². The fourth-order valence-corrected chi connectivity index (χ4v) is 0.521. The average molecular weight is 188 g/mol. The number of carbonyl (C=O) groups is 2. The Morgan fingerprint density at radius 3 is 2.46 bits per heavy atom. The van der Waals surface area contributed by atoms with Crippen molar-refractivity contribution in [3.05, 3.63) is 0 Å². The third-order valence-corrected chi connectivity index (χ3v) is 1.18. The molecule has 0 rings (SSSR count). The average Bonchev–Trinajstić information content (AvgIpc) is 1.98. The molecule has 0 radical (unpaired) electrons. The van der Waals surface area contributed by atoms with Crippen molar-refractivity contribution in [2.45, 2.75) is 39.2 Å². The topological polar surface area (TPSA) is 52.6 Å². The summed E-state index contributed by atoms with van der Waals surface area (Å²) in [7, 11) is 0. The van der Waals surface area contributed by atoms with Crippen LogP contribution in [0.5, 0.6) is 0 Å². The smallest absolute Gasteiger partial charge is 0.308 e. The number of hydrogen-bond donors (Lipinski definition) is 0. The fraction of sp³-hybridized carbons (Fsp3) is 0.778. The van der Waals surface area contributed by atoms with E-state index in [9.17, 15) is 9.59 Å². The molecule has 0 aliphatic rings. The first-order valence-electron chi connectivity index (χ1n) is 4.19. The lowest BCUT2D eigenvalue weighted by Crippen LogP contribution is -2.22. The third-order valence-electron chi connectivity index (χ3n) is 1.18. The highest BCUT2D eigenvalue weighted by atomic mass is 16.7. The van der Waals surface area contributed by atoms with Crippen LogP contribution in [0.25, 0.3) is 0 Å². The minimum absolute atomic E-state index is 0.0544. The number of esters is 1. The van der Waals surface area contributed by atoms with Gasteiger partial charge >= 0.3 is 5.97 Å². The number of ether oxygens (including phenoxy) is 2. The first kappa shape index (κ1) is 12.1. The molecule has 0 heterocycles. The van der Waals surface area contributed by atoms with Crippen molar-refractivity contribution < 1.29 is 19.1 Å². The molecule has 0 amide bonds. The molecule has 4 nitrogen and oxygen atoms in total. The van der Waals surface area contributed by atoms with Gasteiger partial charge in [-0.1, -0.05) is 0 Å². The zero-order valence-corrected chi connectivity index (χ0v) is 8.33. The lowest BCUT2D eigenvalue weighted by molar-refractivity contribution is -0.167. The van der Waals surface area contributed by atoms with Crippen molar-refractivity contribution in [3.8, 4) is 0 Å². The van der Waals surface area contributed by atoms with Gasteiger partial charge in [-0.3, -0.25) is 4.79 Å². The van der Waals surface area contributed by atoms with E-state index in [4.69, 9.17) is 9.47 Å². The van der Waals surface area contributed by atoms with E-state index < -0.39 is 5.97 Å². The van der Waals surface area contributed by atoms with Gasteiger partial charge in [0, 0.05) is 6.42 Å². The number of rotatable bonds is 5. The van der Waals surface area contributed by atoms with Crippen molar-refractivity contribution >= 4 is 12.3 Å². The Hall–Kier alpha value is -0.900. The minimum Gasteiger partial charge on any atom is -0.438 e. The van der Waals surface area contributed by atoms with Crippen LogP contribution in [0, 0.1) is 0 Å². The van der Waals surface area contributed by atoms with Crippen LogP contribution in [-0.4, -0.2) is 24.6 Å². The van der Waals surface area contributed by atoms with E-state index in [1.54, 1.807) is 0 Å². The van der Waals surface area contributed by atoms with Crippen LogP contribution in [0.4, 0.5) is 0 Å². The highest BCUT2D eigenvalue weighted by Crippen LogP contribution is 2.06. The molecule has 0 saturated carbocycles. The maximum absolute atomic E-state index is 10.8. The van der Waals surface area contributed by atoms with Gasteiger partial charge in [0.05, 0.1) is 12.0 Å². The summed E-state index contributed by atoms with van der Waals surface area (Å²) in [6, 6.07) is 0. The first-order valence-corrected chi connectivity index (χ1v) is 4.19. The molecule has 4 heteroatoms. The summed E-state index contributed by atoms with van der Waals surface area (Å²) in [6.07, 6.45) is 1.01. The number of carbonyl (C=O) groups excluding carboxylic acids is 2. The molecule has 76 valence electrons. The van der Waals surface area contributed by atoms with Crippen molar-refractivity contribution in [1.82, 2.24) is 0 Å². The lowest BCUT2D eigenvalue weighted by Gasteiger charge is -2.18. The van der Waals surface area contributed by atoms with Crippen LogP contribution in [0.1, 0.15) is 33.6 Å². The second kappa shape index (κ2) is 5.70. The minimum atomic E-state index is -0.406. The van der Waals surface area contributed by atoms with E-state index in [1.165, 1.54) is 0 Å². The summed E-state index contributed by atoms with van der Waals surface area (Å²) in [5, 5.41) is 0. The summed E-state index contributed by atoms with van der Waals surface area (Å²) in [5.74, 6) is -0.406. The van der Waals surface area contributed by atoms with Crippen molar-refractivity contribution in [1.29, 1.82) is 0 Å². The Balaban J connectivity index is 3.42. The summed E-state index contributed by atoms with van der Waals surface area (Å²) in [4.78, 5) is 20.7. The van der Waals surface area contributed by atoms with Gasteiger partial charge < -0.3 is 14.3 Å². The number of aldehydes is 1. The normalized spacial score (nSPS) is 11.0. The molecule has 0 unspecified atom stereocenters. The van der Waals surface area contributed by atoms with Crippen LogP contribution >= 0.6 is 0 Å². The van der Waals surface area contributed by atoms with Crippen LogP contribution in [0.2, 0.25) is 0 Å². The van der Waals surface area contributed by atoms with Crippen LogP contribution < -0.4 is 0 Å². The van der Waals surface area contributed by atoms with Gasteiger partial charge in [0.25, 0.3) is 0 Å². The third kappa shape index (κ3) is 9.01. The predicted octanol–water partition coefficient (Wildman–Crippen LogP) is 1.28. The maximum atomic E-state index is 10.8. The molecule has 0 spiro atoms. The molecule has 0 aromatic heterocycles. The molecule has 0 bridgehead atoms. The zero-order valence-electron chi connectivity index (χ0n) is 8.33. The molecular weight excluding hydrogens is 172 g/mol. The summed E-state index contributed by atoms with van der Waals surface area (Å²) < 4.78 is 9.85. The molecular formula is C9H16O4. The van der Waals surface area contributed by atoms with Gasteiger partial charge in [-0.05, 0) is 20.8 Å². The van der Waals surface area contributed by atoms with E-state index >= 15 is 0 Å². The molecule has 0 aromatic rings. The van der Waals surface area contributed by atoms with Crippen molar-refractivity contribution in [2.75, 3.05) is 6.79 Å². The molecule has 0 atom stereocenters. The van der Waals surface area contributed by atoms with Gasteiger partial charge in [-0.25, -0.2) is 0 Å². The Labute approximate surface area is 78.2 Å². The van der Waals surface area contributed by atoms with E-state index in [0.29, 0.717) is 6.29 Å². The van der Waals surface area contributed by atoms with Gasteiger partial charge in [0.2, 0.25) is 0 Å². The Kier molecular flexibility index (Phi) is 5.30. The predicted molar refractivity (Wildman–Crippen MR) is 47.1 cm³/mol. The zero-order chi connectivity index (χ0) is 10.3. The maximum Gasteiger partial charge on any atom is 0.308 e. The van der Waals surface area contributed by atoms with E-state index in [2.05, 4.69) is 0 Å². The standard InChI is InChI=1S/C9H16O4/c1-9(2,3)13-7-12-8(11)5-4-6-10/h6H,4-5,7H2,1-3H3. The summed E-state index contributed by atoms with van der Waals surface area (Å²) in [6.45, 7) is 5.55. The monoisotopic (exact) mass is 188 g/mol. The van der Waals surface area contributed by atoms with Gasteiger partial charge in [-0.2, -0.15) is 0 Å². The summed E-state index contributed by atoms with van der Waals surface area (Å²) in [5.41, 5.74) is -0.315. The van der Waals surface area contributed by atoms with Crippen LogP contribution in [-0.2, 0) is 19.1 Å². The Morgan fingerprint density at radius 2 is 2.00 bits per heavy atom. The second-order valence-corrected chi connectivity index (χ2v) is 3.60. The highest BCUT2D eigenvalue weighted by molar-refractivity contribution is 5.72. The molecule has 0 saturated heterocycles. The Bertz CT molecular complexity index is 169. The number of hydrogen-bond acceptors (Lipinski definition) is 4. The molecule has 0 aliphatic heterocycles. The van der Waals surface area contributed by atoms with E-state index in [1.807, 2.05) is 20.8 Å². The molecule has 0 fully saturated rings. The lowest BCUT2D eigenvalue weighted by atomic mass is 10.2.